The number of carbonyl (C=O) groups is 1. The number of hydrogen-bond donors (Lipinski definition) is 0. The number of carbonyl (C=O) groups excluding carboxylic acids is 1. The average Bonchev–Trinajstić information content (AvgIpc) is 2.14. The number of Topliss-reactive ketones (excluding diaryl/α,β-unsaturated/α-hetero) is 1. The highest BCUT2D eigenvalue weighted by molar-refractivity contribution is 8.51. The first-order chi connectivity index (χ1) is 7.64. The molecule has 0 aliphatic rings. The van der Waals surface area contributed by atoms with Crippen molar-refractivity contribution in [2.45, 2.75) is 24.5 Å². The van der Waals surface area contributed by atoms with Crippen LogP contribution in [0.25, 0.3) is 0 Å². The molecule has 0 saturated carbocycles. The molecule has 1 unspecified atom stereocenters. The minimum absolute atomic E-state index is 0.0130. The van der Waals surface area contributed by atoms with E-state index in [-0.39, 0.29) is 10.7 Å². The minimum Gasteiger partial charge on any atom is -0.293 e. The van der Waals surface area contributed by atoms with Gasteiger partial charge in [0.25, 0.3) is 0 Å². The van der Waals surface area contributed by atoms with Crippen molar-refractivity contribution in [2.24, 2.45) is 0 Å². The van der Waals surface area contributed by atoms with Crippen molar-refractivity contribution in [3.8, 4) is 0 Å². The van der Waals surface area contributed by atoms with E-state index in [9.17, 15) is 4.79 Å². The van der Waals surface area contributed by atoms with Crippen molar-refractivity contribution < 1.29 is 4.79 Å². The standard InChI is InChI=1S/C13H21ClOSSi/c1-16(2,14)13(17(3,4)5)12(15)11-9-7-6-8-10-11/h6-10,13H,1-5H3. The van der Waals surface area contributed by atoms with E-state index in [1.54, 1.807) is 0 Å². The summed E-state index contributed by atoms with van der Waals surface area (Å²) in [5.41, 5.74) is 0.793. The van der Waals surface area contributed by atoms with Gasteiger partial charge in [-0.1, -0.05) is 60.7 Å². The summed E-state index contributed by atoms with van der Waals surface area (Å²) < 4.78 is 0. The molecule has 17 heavy (non-hydrogen) atoms. The maximum absolute atomic E-state index is 12.6. The lowest BCUT2D eigenvalue weighted by Crippen LogP contribution is -2.45. The van der Waals surface area contributed by atoms with Crippen molar-refractivity contribution in [1.82, 2.24) is 0 Å². The lowest BCUT2D eigenvalue weighted by Gasteiger charge is -2.40. The molecule has 0 heterocycles. The normalized spacial score (nSPS) is 15.4. The molecule has 0 aliphatic heterocycles. The predicted octanol–water partition coefficient (Wildman–Crippen LogP) is 4.33. The summed E-state index contributed by atoms with van der Waals surface area (Å²) in [7, 11) is 3.53. The van der Waals surface area contributed by atoms with Crippen LogP contribution in [0.5, 0.6) is 0 Å². The molecule has 0 fully saturated rings. The van der Waals surface area contributed by atoms with Gasteiger partial charge in [0.2, 0.25) is 0 Å². The van der Waals surface area contributed by atoms with Gasteiger partial charge in [-0.15, -0.1) is 0 Å². The van der Waals surface area contributed by atoms with Crippen LogP contribution in [0.1, 0.15) is 10.4 Å². The minimum atomic E-state index is -1.61. The van der Waals surface area contributed by atoms with Crippen LogP contribution in [0.3, 0.4) is 0 Å². The van der Waals surface area contributed by atoms with E-state index in [0.717, 1.165) is 5.56 Å². The number of halogens is 1. The van der Waals surface area contributed by atoms with Crippen molar-refractivity contribution in [3.05, 3.63) is 35.9 Å². The van der Waals surface area contributed by atoms with Gasteiger partial charge in [0.15, 0.2) is 5.78 Å². The molecule has 0 aromatic heterocycles. The molecule has 1 rings (SSSR count). The summed E-state index contributed by atoms with van der Waals surface area (Å²) in [6, 6.07) is 9.52. The van der Waals surface area contributed by atoms with Gasteiger partial charge >= 0.3 is 0 Å². The van der Waals surface area contributed by atoms with Gasteiger partial charge in [-0.3, -0.25) is 4.79 Å². The molecule has 1 nitrogen and oxygen atoms in total. The second kappa shape index (κ2) is 5.17. The lowest BCUT2D eigenvalue weighted by atomic mass is 10.1. The van der Waals surface area contributed by atoms with Gasteiger partial charge < -0.3 is 0 Å². The van der Waals surface area contributed by atoms with Crippen LogP contribution in [0.4, 0.5) is 0 Å². The van der Waals surface area contributed by atoms with Gasteiger partial charge in [-0.05, 0) is 12.5 Å². The lowest BCUT2D eigenvalue weighted by molar-refractivity contribution is 0.101. The quantitative estimate of drug-likeness (QED) is 0.595. The topological polar surface area (TPSA) is 17.1 Å². The highest BCUT2D eigenvalue weighted by Gasteiger charge is 2.40. The number of rotatable bonds is 4. The Bertz CT molecular complexity index is 378. The van der Waals surface area contributed by atoms with E-state index < -0.39 is 17.3 Å². The summed E-state index contributed by atoms with van der Waals surface area (Å²) in [6.07, 6.45) is 4.05. The highest BCUT2D eigenvalue weighted by atomic mass is 35.7. The fraction of sp³-hybridized carbons (Fsp3) is 0.462. The molecular formula is C13H21ClOSSi. The van der Waals surface area contributed by atoms with Crippen LogP contribution in [0.2, 0.25) is 19.6 Å². The smallest absolute Gasteiger partial charge is 0.172 e. The van der Waals surface area contributed by atoms with Crippen LogP contribution in [0.15, 0.2) is 30.3 Å². The van der Waals surface area contributed by atoms with Gasteiger partial charge in [0, 0.05) is 5.56 Å². The van der Waals surface area contributed by atoms with Gasteiger partial charge in [0.1, 0.15) is 0 Å². The summed E-state index contributed by atoms with van der Waals surface area (Å²) >= 11 is 0. The Morgan fingerprint density at radius 1 is 1.18 bits per heavy atom. The number of benzene rings is 1. The Hall–Kier alpha value is -0.253. The van der Waals surface area contributed by atoms with E-state index in [1.165, 1.54) is 0 Å². The third-order valence-electron chi connectivity index (χ3n) is 2.64. The molecule has 0 saturated heterocycles. The molecule has 1 aromatic carbocycles. The number of ketones is 1. The SMILES string of the molecule is C[Si](C)(C)C(C(=O)c1ccccc1)S(C)(C)Cl. The van der Waals surface area contributed by atoms with E-state index in [0.29, 0.717) is 0 Å². The Labute approximate surface area is 111 Å². The first-order valence-corrected chi connectivity index (χ1v) is 12.6. The highest BCUT2D eigenvalue weighted by Crippen LogP contribution is 2.54. The fourth-order valence-corrected chi connectivity index (χ4v) is 13.2. The van der Waals surface area contributed by atoms with Crippen molar-refractivity contribution in [1.29, 1.82) is 0 Å². The molecule has 0 radical (unpaired) electrons. The zero-order valence-electron chi connectivity index (χ0n) is 11.2. The van der Waals surface area contributed by atoms with E-state index in [1.807, 2.05) is 42.8 Å². The van der Waals surface area contributed by atoms with Crippen molar-refractivity contribution in [3.63, 3.8) is 0 Å². The zero-order valence-corrected chi connectivity index (χ0v) is 13.7. The zero-order chi connectivity index (χ0) is 13.3. The Morgan fingerprint density at radius 2 is 1.65 bits per heavy atom. The van der Waals surface area contributed by atoms with Crippen molar-refractivity contribution in [2.75, 3.05) is 12.5 Å². The third-order valence-corrected chi connectivity index (χ3v) is 10.7. The van der Waals surface area contributed by atoms with Crippen molar-refractivity contribution >= 4 is 33.8 Å². The van der Waals surface area contributed by atoms with Gasteiger partial charge in [0.05, 0.1) is 12.9 Å². The molecule has 0 N–H and O–H groups in total. The monoisotopic (exact) mass is 288 g/mol. The Balaban J connectivity index is 3.14. The molecule has 4 heteroatoms. The molecule has 1 atom stereocenters. The van der Waals surface area contributed by atoms with Gasteiger partial charge in [-0.25, -0.2) is 0 Å². The molecule has 1 aromatic rings. The summed E-state index contributed by atoms with van der Waals surface area (Å²) in [4.78, 5) is 12.6. The maximum Gasteiger partial charge on any atom is 0.172 e. The fourth-order valence-electron chi connectivity index (χ4n) is 2.24. The molecule has 0 amide bonds. The summed E-state index contributed by atoms with van der Waals surface area (Å²) in [5, 5.41) is 0. The predicted molar refractivity (Wildman–Crippen MR) is 83.2 cm³/mol. The first kappa shape index (κ1) is 14.8. The molecular weight excluding hydrogens is 268 g/mol. The Morgan fingerprint density at radius 3 is 2.00 bits per heavy atom. The largest absolute Gasteiger partial charge is 0.293 e. The summed E-state index contributed by atoms with van der Waals surface area (Å²) in [5.74, 6) is 0.222. The second-order valence-electron chi connectivity index (χ2n) is 5.75. The average molecular weight is 289 g/mol. The second-order valence-corrected chi connectivity index (χ2v) is 16.9. The molecule has 96 valence electrons. The van der Waals surface area contributed by atoms with Crippen LogP contribution in [-0.2, 0) is 0 Å². The summed E-state index contributed by atoms with van der Waals surface area (Å²) in [6.45, 7) is 6.65. The van der Waals surface area contributed by atoms with Crippen LogP contribution < -0.4 is 0 Å². The maximum atomic E-state index is 12.6. The first-order valence-electron chi connectivity index (χ1n) is 5.65. The third kappa shape index (κ3) is 3.87. The number of hydrogen-bond acceptors (Lipinski definition) is 1. The van der Waals surface area contributed by atoms with Crippen LogP contribution in [-0.4, -0.2) is 31.2 Å². The molecule has 0 spiro atoms. The Kier molecular flexibility index (Phi) is 4.50. The van der Waals surface area contributed by atoms with E-state index in [4.69, 9.17) is 10.7 Å². The van der Waals surface area contributed by atoms with E-state index in [2.05, 4.69) is 19.6 Å². The van der Waals surface area contributed by atoms with Gasteiger partial charge in [-0.2, -0.15) is 9.24 Å². The van der Waals surface area contributed by atoms with E-state index >= 15 is 0 Å². The molecule has 0 bridgehead atoms. The molecule has 0 aliphatic carbocycles. The van der Waals surface area contributed by atoms with Crippen LogP contribution >= 0.6 is 19.9 Å². The van der Waals surface area contributed by atoms with Crippen LogP contribution in [0, 0.1) is 0 Å².